The normalized spacial score (nSPS) is 12.0. The molecule has 1 aliphatic rings. The van der Waals surface area contributed by atoms with Crippen molar-refractivity contribution in [1.82, 2.24) is 10.2 Å². The van der Waals surface area contributed by atoms with Crippen molar-refractivity contribution in [1.29, 1.82) is 0 Å². The first-order valence-corrected chi connectivity index (χ1v) is 11.1. The Morgan fingerprint density at radius 3 is 2.22 bits per heavy atom. The number of nitrogens with one attached hydrogen (secondary N) is 1. The van der Waals surface area contributed by atoms with Gasteiger partial charge in [-0.1, -0.05) is 55.5 Å². The maximum atomic E-state index is 12.2. The molecule has 0 aliphatic heterocycles. The lowest BCUT2D eigenvalue weighted by molar-refractivity contribution is -0.144. The number of carbonyl (C=O) groups is 3. The van der Waals surface area contributed by atoms with E-state index < -0.39 is 12.1 Å². The maximum Gasteiger partial charge on any atom is 0.407 e. The molecule has 3 rings (SSSR count). The molecule has 2 aromatic rings. The molecule has 0 fully saturated rings. The van der Waals surface area contributed by atoms with Gasteiger partial charge in [-0.15, -0.1) is 0 Å². The molecular formula is C25H30N2O5. The zero-order valence-electron chi connectivity index (χ0n) is 18.4. The largest absolute Gasteiger partial charge is 0.480 e. The molecule has 170 valence electrons. The first-order chi connectivity index (χ1) is 15.5. The van der Waals surface area contributed by atoms with Gasteiger partial charge in [0, 0.05) is 25.4 Å². The number of carbonyl (C=O) groups excluding carboxylic acids is 2. The summed E-state index contributed by atoms with van der Waals surface area (Å²) in [6.07, 6.45) is 1.68. The van der Waals surface area contributed by atoms with Crippen LogP contribution < -0.4 is 5.32 Å². The molecule has 0 heterocycles. The summed E-state index contributed by atoms with van der Waals surface area (Å²) < 4.78 is 5.49. The van der Waals surface area contributed by atoms with Crippen molar-refractivity contribution in [3.8, 4) is 11.1 Å². The number of fused-ring (bicyclic) bond motifs is 3. The minimum Gasteiger partial charge on any atom is -0.480 e. The highest BCUT2D eigenvalue weighted by atomic mass is 16.5. The average molecular weight is 439 g/mol. The number of aliphatic carboxylic acids is 1. The Bertz CT molecular complexity index is 913. The van der Waals surface area contributed by atoms with E-state index >= 15 is 0 Å². The molecule has 7 heteroatoms. The summed E-state index contributed by atoms with van der Waals surface area (Å²) in [6.45, 7) is 2.73. The second-order valence-corrected chi connectivity index (χ2v) is 7.92. The molecule has 2 aromatic carbocycles. The number of benzene rings is 2. The first kappa shape index (κ1) is 23.3. The van der Waals surface area contributed by atoms with Gasteiger partial charge in [0.25, 0.3) is 0 Å². The molecule has 0 aromatic heterocycles. The van der Waals surface area contributed by atoms with Crippen LogP contribution in [-0.4, -0.2) is 54.2 Å². The predicted octanol–water partition coefficient (Wildman–Crippen LogP) is 4.02. The van der Waals surface area contributed by atoms with Crippen LogP contribution in [0.3, 0.4) is 0 Å². The monoisotopic (exact) mass is 438 g/mol. The van der Waals surface area contributed by atoms with Crippen molar-refractivity contribution < 1.29 is 24.2 Å². The summed E-state index contributed by atoms with van der Waals surface area (Å²) in [6, 6.07) is 16.4. The maximum absolute atomic E-state index is 12.2. The van der Waals surface area contributed by atoms with Gasteiger partial charge < -0.3 is 20.1 Å². The highest BCUT2D eigenvalue weighted by Crippen LogP contribution is 2.44. The number of amides is 2. The third-order valence-electron chi connectivity index (χ3n) is 5.60. The Labute approximate surface area is 188 Å². The van der Waals surface area contributed by atoms with Crippen LogP contribution in [0.2, 0.25) is 0 Å². The van der Waals surface area contributed by atoms with Crippen molar-refractivity contribution in [3.05, 3.63) is 59.7 Å². The lowest BCUT2D eigenvalue weighted by Gasteiger charge is -2.19. The van der Waals surface area contributed by atoms with Gasteiger partial charge in [0.2, 0.25) is 5.91 Å². The second-order valence-electron chi connectivity index (χ2n) is 7.92. The summed E-state index contributed by atoms with van der Waals surface area (Å²) in [7, 11) is 0. The lowest BCUT2D eigenvalue weighted by atomic mass is 9.98. The molecule has 0 saturated carbocycles. The van der Waals surface area contributed by atoms with Gasteiger partial charge in [-0.3, -0.25) is 9.59 Å². The van der Waals surface area contributed by atoms with E-state index in [4.69, 9.17) is 9.84 Å². The fourth-order valence-corrected chi connectivity index (χ4v) is 4.12. The predicted molar refractivity (Wildman–Crippen MR) is 121 cm³/mol. The van der Waals surface area contributed by atoms with Gasteiger partial charge in [0.1, 0.15) is 13.2 Å². The molecule has 0 atom stereocenters. The average Bonchev–Trinajstić information content (AvgIpc) is 3.10. The van der Waals surface area contributed by atoms with E-state index in [1.54, 1.807) is 0 Å². The van der Waals surface area contributed by atoms with Gasteiger partial charge in [-0.25, -0.2) is 4.79 Å². The molecule has 2 N–H and O–H groups in total. The SMILES string of the molecule is CCCN(CC(=O)O)C(=O)CCCCNC(=O)OCC1c2ccccc2-c2ccccc21. The first-order valence-electron chi connectivity index (χ1n) is 11.1. The molecule has 2 amide bonds. The number of nitrogens with zero attached hydrogens (tertiary/aromatic N) is 1. The quantitative estimate of drug-likeness (QED) is 0.517. The molecule has 0 radical (unpaired) electrons. The number of carboxylic acids is 1. The Balaban J connectivity index is 1.40. The van der Waals surface area contributed by atoms with E-state index in [1.165, 1.54) is 16.0 Å². The Morgan fingerprint density at radius 2 is 1.62 bits per heavy atom. The smallest absolute Gasteiger partial charge is 0.407 e. The van der Waals surface area contributed by atoms with Crippen molar-refractivity contribution in [3.63, 3.8) is 0 Å². The van der Waals surface area contributed by atoms with Crippen molar-refractivity contribution >= 4 is 18.0 Å². The number of carboxylic acid groups (broad SMARTS) is 1. The van der Waals surface area contributed by atoms with Crippen LogP contribution in [-0.2, 0) is 14.3 Å². The highest BCUT2D eigenvalue weighted by molar-refractivity contribution is 5.81. The summed E-state index contributed by atoms with van der Waals surface area (Å²) in [5.74, 6) is -1.16. The zero-order valence-corrected chi connectivity index (χ0v) is 18.4. The van der Waals surface area contributed by atoms with Crippen LogP contribution in [0, 0.1) is 0 Å². The topological polar surface area (TPSA) is 95.9 Å². The molecule has 0 bridgehead atoms. The highest BCUT2D eigenvalue weighted by Gasteiger charge is 2.28. The molecule has 0 spiro atoms. The molecular weight excluding hydrogens is 408 g/mol. The van der Waals surface area contributed by atoms with Gasteiger partial charge in [-0.2, -0.15) is 0 Å². The van der Waals surface area contributed by atoms with Crippen LogP contribution >= 0.6 is 0 Å². The van der Waals surface area contributed by atoms with Gasteiger partial charge in [0.05, 0.1) is 0 Å². The van der Waals surface area contributed by atoms with E-state index in [0.29, 0.717) is 32.4 Å². The number of alkyl carbamates (subject to hydrolysis) is 1. The number of hydrogen-bond acceptors (Lipinski definition) is 4. The van der Waals surface area contributed by atoms with Crippen molar-refractivity contribution in [2.24, 2.45) is 0 Å². The summed E-state index contributed by atoms with van der Waals surface area (Å²) >= 11 is 0. The third kappa shape index (κ3) is 5.87. The molecule has 0 saturated heterocycles. The second kappa shape index (κ2) is 11.3. The number of ether oxygens (including phenoxy) is 1. The van der Waals surface area contributed by atoms with E-state index in [9.17, 15) is 14.4 Å². The number of unbranched alkanes of at least 4 members (excludes halogenated alkanes) is 1. The molecule has 32 heavy (non-hydrogen) atoms. The fraction of sp³-hybridized carbons (Fsp3) is 0.400. The van der Waals surface area contributed by atoms with Crippen LogP contribution in [0.15, 0.2) is 48.5 Å². The minimum absolute atomic E-state index is 0.0181. The minimum atomic E-state index is -1.01. The van der Waals surface area contributed by atoms with Gasteiger partial charge in [-0.05, 0) is 41.5 Å². The fourth-order valence-electron chi connectivity index (χ4n) is 4.12. The summed E-state index contributed by atoms with van der Waals surface area (Å²) in [5.41, 5.74) is 4.69. The van der Waals surface area contributed by atoms with Crippen LogP contribution in [0.4, 0.5) is 4.79 Å². The van der Waals surface area contributed by atoms with E-state index in [2.05, 4.69) is 29.6 Å². The standard InChI is InChI=1S/C25H30N2O5/c1-2-15-27(16-24(29)30)23(28)13-7-8-14-26-25(31)32-17-22-20-11-5-3-9-18(20)19-10-4-6-12-21(19)22/h3-6,9-12,22H,2,7-8,13-17H2,1H3,(H,26,31)(H,29,30). The number of rotatable bonds is 11. The zero-order chi connectivity index (χ0) is 22.9. The van der Waals surface area contributed by atoms with Crippen LogP contribution in [0.25, 0.3) is 11.1 Å². The summed E-state index contributed by atoms with van der Waals surface area (Å²) in [4.78, 5) is 36.6. The molecule has 0 unspecified atom stereocenters. The van der Waals surface area contributed by atoms with E-state index in [0.717, 1.165) is 11.1 Å². The van der Waals surface area contributed by atoms with Crippen LogP contribution in [0.1, 0.15) is 49.7 Å². The Hall–Kier alpha value is -3.35. The van der Waals surface area contributed by atoms with Gasteiger partial charge in [0.15, 0.2) is 0 Å². The molecule has 1 aliphatic carbocycles. The lowest BCUT2D eigenvalue weighted by Crippen LogP contribution is -2.36. The van der Waals surface area contributed by atoms with Gasteiger partial charge >= 0.3 is 12.1 Å². The Kier molecular flexibility index (Phi) is 8.25. The third-order valence-corrected chi connectivity index (χ3v) is 5.60. The van der Waals surface area contributed by atoms with Crippen molar-refractivity contribution in [2.45, 2.75) is 38.5 Å². The summed E-state index contributed by atoms with van der Waals surface area (Å²) in [5, 5.41) is 11.6. The van der Waals surface area contributed by atoms with E-state index in [-0.39, 0.29) is 31.4 Å². The molecule has 7 nitrogen and oxygen atoms in total. The van der Waals surface area contributed by atoms with E-state index in [1.807, 2.05) is 31.2 Å². The number of hydrogen-bond donors (Lipinski definition) is 2. The van der Waals surface area contributed by atoms with Crippen LogP contribution in [0.5, 0.6) is 0 Å². The van der Waals surface area contributed by atoms with Crippen molar-refractivity contribution in [2.75, 3.05) is 26.2 Å². The Morgan fingerprint density at radius 1 is 1.00 bits per heavy atom.